The van der Waals surface area contributed by atoms with Crippen molar-refractivity contribution >= 4 is 17.1 Å². The zero-order valence-electron chi connectivity index (χ0n) is 18.4. The van der Waals surface area contributed by atoms with Crippen molar-refractivity contribution in [2.24, 2.45) is 5.92 Å². The first kappa shape index (κ1) is 22.9. The number of carboxylic acid groups (broad SMARTS) is 1. The molecule has 9 heteroatoms. The molecule has 2 N–H and O–H groups in total. The summed E-state index contributed by atoms with van der Waals surface area (Å²) in [5.41, 5.74) is 2.40. The van der Waals surface area contributed by atoms with Crippen LogP contribution in [0, 0.1) is 11.7 Å². The lowest BCUT2D eigenvalue weighted by Crippen LogP contribution is -2.37. The number of hydrogen-bond donors (Lipinski definition) is 2. The molecule has 0 radical (unpaired) electrons. The molecule has 1 aliphatic heterocycles. The van der Waals surface area contributed by atoms with Crippen molar-refractivity contribution in [1.82, 2.24) is 19.8 Å². The Balaban J connectivity index is 1.41. The molecule has 33 heavy (non-hydrogen) atoms. The summed E-state index contributed by atoms with van der Waals surface area (Å²) >= 11 is 0. The summed E-state index contributed by atoms with van der Waals surface area (Å²) < 4.78 is 19.7. The Hall–Kier alpha value is -3.30. The number of amides is 1. The number of pyridine rings is 2. The maximum Gasteiger partial charge on any atom is 0.407 e. The van der Waals surface area contributed by atoms with E-state index in [-0.39, 0.29) is 19.0 Å². The van der Waals surface area contributed by atoms with Crippen molar-refractivity contribution in [2.45, 2.75) is 19.1 Å². The first-order valence-corrected chi connectivity index (χ1v) is 10.8. The molecule has 2 atom stereocenters. The van der Waals surface area contributed by atoms with Crippen molar-refractivity contribution in [2.75, 3.05) is 33.3 Å². The van der Waals surface area contributed by atoms with Crippen molar-refractivity contribution in [3.8, 4) is 5.88 Å². The van der Waals surface area contributed by atoms with E-state index in [0.29, 0.717) is 48.5 Å². The molecule has 4 rings (SSSR count). The van der Waals surface area contributed by atoms with Crippen LogP contribution in [0.2, 0.25) is 0 Å². The van der Waals surface area contributed by atoms with Gasteiger partial charge in [0.2, 0.25) is 5.88 Å². The molecular weight excluding hydrogens is 427 g/mol. The van der Waals surface area contributed by atoms with Crippen molar-refractivity contribution in [3.63, 3.8) is 0 Å². The van der Waals surface area contributed by atoms with Gasteiger partial charge in [0.25, 0.3) is 0 Å². The molecule has 2 aromatic heterocycles. The van der Waals surface area contributed by atoms with Gasteiger partial charge in [0, 0.05) is 50.3 Å². The predicted molar refractivity (Wildman–Crippen MR) is 121 cm³/mol. The molecule has 1 fully saturated rings. The van der Waals surface area contributed by atoms with E-state index in [1.54, 1.807) is 12.1 Å². The van der Waals surface area contributed by atoms with Crippen molar-refractivity contribution in [3.05, 3.63) is 65.6 Å². The molecule has 0 saturated carbocycles. The maximum atomic E-state index is 14.6. The highest BCUT2D eigenvalue weighted by Gasteiger charge is 2.33. The molecule has 1 aliphatic rings. The lowest BCUT2D eigenvalue weighted by atomic mass is 10.1. The lowest BCUT2D eigenvalue weighted by molar-refractivity contribution is 0.0995. The number of ether oxygens (including phenoxy) is 1. The molecule has 8 nitrogen and oxygen atoms in total. The molecule has 1 amide bonds. The van der Waals surface area contributed by atoms with Gasteiger partial charge in [-0.15, -0.1) is 0 Å². The SMILES string of the molecule is COc1ccc2ncc(F)c(CCN3C[C@H](CN(Cc4ccccc4)C(=O)O)[C@H](O)C3)c2n1. The molecule has 3 heterocycles. The van der Waals surface area contributed by atoms with Crippen LogP contribution in [0.5, 0.6) is 5.88 Å². The standard InChI is InChI=1S/C24H27FN4O4/c1-33-22-8-7-20-23(27-22)18(19(25)11-26-20)9-10-28-13-17(21(30)15-28)14-29(24(31)32)12-16-5-3-2-4-6-16/h2-8,11,17,21,30H,9-10,12-15H2,1H3,(H,31,32)/t17-,21-/m1/s1. The number of aromatic nitrogens is 2. The minimum Gasteiger partial charge on any atom is -0.481 e. The van der Waals surface area contributed by atoms with Crippen LogP contribution >= 0.6 is 0 Å². The van der Waals surface area contributed by atoms with E-state index in [1.807, 2.05) is 35.2 Å². The smallest absolute Gasteiger partial charge is 0.407 e. The van der Waals surface area contributed by atoms with E-state index in [9.17, 15) is 19.4 Å². The van der Waals surface area contributed by atoms with Crippen LogP contribution in [0.15, 0.2) is 48.7 Å². The average Bonchev–Trinajstić information content (AvgIpc) is 3.17. The summed E-state index contributed by atoms with van der Waals surface area (Å²) in [6.45, 7) is 1.94. The Labute approximate surface area is 191 Å². The number of benzene rings is 1. The fourth-order valence-electron chi connectivity index (χ4n) is 4.30. The average molecular weight is 455 g/mol. The van der Waals surface area contributed by atoms with Gasteiger partial charge in [-0.3, -0.25) is 9.88 Å². The molecule has 1 saturated heterocycles. The highest BCUT2D eigenvalue weighted by atomic mass is 19.1. The molecule has 1 aromatic carbocycles. The van der Waals surface area contributed by atoms with Crippen LogP contribution in [0.3, 0.4) is 0 Å². The minimum absolute atomic E-state index is 0.220. The Morgan fingerprint density at radius 1 is 1.24 bits per heavy atom. The van der Waals surface area contributed by atoms with Gasteiger partial charge in [0.1, 0.15) is 5.82 Å². The predicted octanol–water partition coefficient (Wildman–Crippen LogP) is 2.79. The summed E-state index contributed by atoms with van der Waals surface area (Å²) in [4.78, 5) is 23.6. The second-order valence-corrected chi connectivity index (χ2v) is 8.29. The minimum atomic E-state index is -1.02. The zero-order valence-corrected chi connectivity index (χ0v) is 18.4. The van der Waals surface area contributed by atoms with Crippen LogP contribution in [-0.4, -0.2) is 75.5 Å². The molecule has 0 spiro atoms. The summed E-state index contributed by atoms with van der Waals surface area (Å²) in [5.74, 6) is -0.262. The van der Waals surface area contributed by atoms with Crippen molar-refractivity contribution in [1.29, 1.82) is 0 Å². The number of nitrogens with zero attached hydrogens (tertiary/aromatic N) is 4. The lowest BCUT2D eigenvalue weighted by Gasteiger charge is -2.24. The van der Waals surface area contributed by atoms with Gasteiger partial charge in [-0.1, -0.05) is 30.3 Å². The zero-order chi connectivity index (χ0) is 23.4. The summed E-state index contributed by atoms with van der Waals surface area (Å²) in [5, 5.41) is 20.2. The molecule has 174 valence electrons. The summed E-state index contributed by atoms with van der Waals surface area (Å²) in [6.07, 6.45) is -0.0893. The normalized spacial score (nSPS) is 18.5. The van der Waals surface area contributed by atoms with Crippen LogP contribution in [-0.2, 0) is 13.0 Å². The van der Waals surface area contributed by atoms with Gasteiger partial charge in [-0.05, 0) is 18.1 Å². The molecule has 3 aromatic rings. The number of methoxy groups -OCH3 is 1. The number of β-amino-alcohol motifs (C(OH)–C–C–N with tert-alkyl or cyclic N) is 1. The monoisotopic (exact) mass is 454 g/mol. The highest BCUT2D eigenvalue weighted by Crippen LogP contribution is 2.24. The van der Waals surface area contributed by atoms with E-state index in [2.05, 4.69) is 9.97 Å². The topological polar surface area (TPSA) is 99.0 Å². The number of hydrogen-bond acceptors (Lipinski definition) is 6. The van der Waals surface area contributed by atoms with E-state index in [0.717, 1.165) is 5.56 Å². The van der Waals surface area contributed by atoms with E-state index in [1.165, 1.54) is 18.2 Å². The van der Waals surface area contributed by atoms with Gasteiger partial charge in [0.05, 0.1) is 30.4 Å². The largest absolute Gasteiger partial charge is 0.481 e. The number of aliphatic hydroxyl groups excluding tert-OH is 1. The van der Waals surface area contributed by atoms with Crippen LogP contribution in [0.1, 0.15) is 11.1 Å². The number of halogens is 1. The Morgan fingerprint density at radius 2 is 2.03 bits per heavy atom. The van der Waals surface area contributed by atoms with E-state index in [4.69, 9.17) is 4.74 Å². The number of likely N-dealkylation sites (tertiary alicyclic amines) is 1. The molecule has 0 unspecified atom stereocenters. The third kappa shape index (κ3) is 5.37. The van der Waals surface area contributed by atoms with E-state index < -0.39 is 18.0 Å². The molecule has 0 bridgehead atoms. The maximum absolute atomic E-state index is 14.6. The Kier molecular flexibility index (Phi) is 7.00. The second-order valence-electron chi connectivity index (χ2n) is 8.29. The van der Waals surface area contributed by atoms with Crippen LogP contribution < -0.4 is 4.74 Å². The quantitative estimate of drug-likeness (QED) is 0.540. The first-order valence-electron chi connectivity index (χ1n) is 10.8. The molecular formula is C24H27FN4O4. The fourth-order valence-corrected chi connectivity index (χ4v) is 4.30. The van der Waals surface area contributed by atoms with Crippen LogP contribution in [0.25, 0.3) is 11.0 Å². The highest BCUT2D eigenvalue weighted by molar-refractivity contribution is 5.78. The number of aliphatic hydroxyl groups is 1. The van der Waals surface area contributed by atoms with Gasteiger partial charge in [-0.2, -0.15) is 0 Å². The van der Waals surface area contributed by atoms with Gasteiger partial charge < -0.3 is 19.8 Å². The number of rotatable bonds is 8. The third-order valence-electron chi connectivity index (χ3n) is 6.05. The number of carbonyl (C=O) groups is 1. The Bertz CT molecular complexity index is 1110. The third-order valence-corrected chi connectivity index (χ3v) is 6.05. The van der Waals surface area contributed by atoms with Crippen molar-refractivity contribution < 1.29 is 24.1 Å². The first-order chi connectivity index (χ1) is 15.9. The van der Waals surface area contributed by atoms with Crippen LogP contribution in [0.4, 0.5) is 9.18 Å². The molecule has 0 aliphatic carbocycles. The van der Waals surface area contributed by atoms with Gasteiger partial charge in [-0.25, -0.2) is 14.2 Å². The van der Waals surface area contributed by atoms with E-state index >= 15 is 0 Å². The summed E-state index contributed by atoms with van der Waals surface area (Å²) in [6, 6.07) is 12.8. The van der Waals surface area contributed by atoms with Gasteiger partial charge >= 0.3 is 6.09 Å². The second kappa shape index (κ2) is 10.1. The fraction of sp³-hybridized carbons (Fsp3) is 0.375. The number of fused-ring (bicyclic) bond motifs is 1. The Morgan fingerprint density at radius 3 is 2.76 bits per heavy atom. The summed E-state index contributed by atoms with van der Waals surface area (Å²) in [7, 11) is 1.50. The van der Waals surface area contributed by atoms with Gasteiger partial charge in [0.15, 0.2) is 0 Å².